The monoisotopic (exact) mass is 1110 g/mol. The molecule has 0 atom stereocenters. The summed E-state index contributed by atoms with van der Waals surface area (Å²) in [6, 6.07) is 103. The molecule has 0 amide bonds. The lowest BCUT2D eigenvalue weighted by Crippen LogP contribution is -1.87. The van der Waals surface area contributed by atoms with Crippen LogP contribution in [0.5, 0.6) is 0 Å². The summed E-state index contributed by atoms with van der Waals surface area (Å²) in [7, 11) is 0. The third kappa shape index (κ3) is 15.6. The first-order valence-corrected chi connectivity index (χ1v) is 30.3. The molecule has 0 heteroatoms. The summed E-state index contributed by atoms with van der Waals surface area (Å²) in [4.78, 5) is 0. The maximum Gasteiger partial charge on any atom is -0.00237 e. The van der Waals surface area contributed by atoms with Crippen molar-refractivity contribution in [2.24, 2.45) is 0 Å². The smallest absolute Gasteiger partial charge is 0.00237 e. The van der Waals surface area contributed by atoms with Crippen LogP contribution in [0.25, 0.3) is 86.5 Å². The summed E-state index contributed by atoms with van der Waals surface area (Å²) in [6.07, 6.45) is 0. The molecule has 0 N–H and O–H groups in total. The predicted octanol–water partition coefficient (Wildman–Crippen LogP) is 24.9. The second-order valence-corrected chi connectivity index (χ2v) is 23.2. The van der Waals surface area contributed by atoms with Gasteiger partial charge in [0.05, 0.1) is 0 Å². The van der Waals surface area contributed by atoms with Crippen LogP contribution in [-0.2, 0) is 0 Å². The van der Waals surface area contributed by atoms with Crippen LogP contribution in [0.15, 0.2) is 291 Å². The molecule has 86 heavy (non-hydrogen) atoms. The summed E-state index contributed by atoms with van der Waals surface area (Å²) in [5.41, 5.74) is 16.1. The zero-order valence-corrected chi connectivity index (χ0v) is 52.3. The second-order valence-electron chi connectivity index (χ2n) is 23.2. The van der Waals surface area contributed by atoms with Gasteiger partial charge in [-0.2, -0.15) is 0 Å². The zero-order valence-electron chi connectivity index (χ0n) is 52.3. The standard InChI is InChI=1S/C21H14.C15H12.C13H12.C11H10.C10H14.C9H12.C7H8/c1-13-11-12-19-17-9-3-6-14-5-2-8-16(20(14)17)18-10-4-7-15(13)21(18)19;1-11-14-8-4-2-6-12(14)10-13-7-3-5-9-15(11)13;1-11-7-9-13(10-8-11)12-5-3-2-4-6-12;1-9-5-4-7-10-6-2-3-8-11(9)10;1-8(2)10-6-4-9(3)5-7-10;1-7-4-8(2)6-9(3)5-7;1-7-5-3-2-4-6-7/h2-12H,1H3;2-10H,1H3;2-10H,1H3;2-8H,1H3;4-8H,1-3H3;4-6H,1-3H3;2-6H,1H3. The number of rotatable bonds is 2. The van der Waals surface area contributed by atoms with Crippen LogP contribution in [0, 0.1) is 62.3 Å². The van der Waals surface area contributed by atoms with Crippen LogP contribution < -0.4 is 0 Å². The quantitative estimate of drug-likeness (QED) is 0.120. The third-order valence-corrected chi connectivity index (χ3v) is 16.0. The van der Waals surface area contributed by atoms with Crippen molar-refractivity contribution in [3.8, 4) is 11.1 Å². The van der Waals surface area contributed by atoms with Crippen LogP contribution >= 0.6 is 0 Å². The molecule has 0 aliphatic rings. The average Bonchev–Trinajstić information content (AvgIpc) is 0.922. The van der Waals surface area contributed by atoms with Crippen molar-refractivity contribution in [2.45, 2.75) is 82.1 Å². The number of benzene rings is 15. The Bertz CT molecular complexity index is 4440. The summed E-state index contributed by atoms with van der Waals surface area (Å²) in [5, 5.41) is 19.0. The molecule has 0 spiro atoms. The van der Waals surface area contributed by atoms with Crippen LogP contribution in [0.2, 0.25) is 0 Å². The maximum absolute atomic E-state index is 2.28. The van der Waals surface area contributed by atoms with Gasteiger partial charge in [0, 0.05) is 0 Å². The van der Waals surface area contributed by atoms with Gasteiger partial charge in [0.2, 0.25) is 0 Å². The van der Waals surface area contributed by atoms with E-state index < -0.39 is 0 Å². The molecule has 0 aromatic heterocycles. The number of aryl methyl sites for hydroxylation is 9. The molecule has 15 rings (SSSR count). The molecule has 15 aromatic carbocycles. The minimum Gasteiger partial charge on any atom is -0.0622 e. The molecule has 15 aromatic rings. The fourth-order valence-corrected chi connectivity index (χ4v) is 11.5. The van der Waals surface area contributed by atoms with Gasteiger partial charge in [-0.05, 0) is 183 Å². The minimum absolute atomic E-state index is 0.653. The van der Waals surface area contributed by atoms with Crippen LogP contribution in [0.3, 0.4) is 0 Å². The lowest BCUT2D eigenvalue weighted by Gasteiger charge is -2.15. The van der Waals surface area contributed by atoms with Gasteiger partial charge in [-0.3, -0.25) is 0 Å². The Kier molecular flexibility index (Phi) is 20.7. The lowest BCUT2D eigenvalue weighted by molar-refractivity contribution is 0.866. The Balaban J connectivity index is 0.000000123. The predicted molar refractivity (Wildman–Crippen MR) is 381 cm³/mol. The molecule has 0 bridgehead atoms. The van der Waals surface area contributed by atoms with Gasteiger partial charge in [-0.25, -0.2) is 0 Å². The fourth-order valence-electron chi connectivity index (χ4n) is 11.5. The molecule has 0 saturated heterocycles. The van der Waals surface area contributed by atoms with E-state index >= 15 is 0 Å². The molecule has 0 heterocycles. The average molecular weight is 1120 g/mol. The van der Waals surface area contributed by atoms with E-state index in [1.807, 2.05) is 24.3 Å². The molecule has 0 nitrogen and oxygen atoms in total. The van der Waals surface area contributed by atoms with Crippen LogP contribution in [0.4, 0.5) is 0 Å². The Labute approximate surface area is 512 Å². The van der Waals surface area contributed by atoms with Crippen molar-refractivity contribution in [3.05, 3.63) is 347 Å². The van der Waals surface area contributed by atoms with Gasteiger partial charge in [0.15, 0.2) is 0 Å². The third-order valence-electron chi connectivity index (χ3n) is 16.0. The molecule has 426 valence electrons. The van der Waals surface area contributed by atoms with Gasteiger partial charge in [-0.15, -0.1) is 0 Å². The summed E-state index contributed by atoms with van der Waals surface area (Å²) in [6.45, 7) is 23.6. The fraction of sp³-hybridized carbons (Fsp3) is 0.140. The second kappa shape index (κ2) is 29.3. The van der Waals surface area contributed by atoms with Crippen molar-refractivity contribution in [2.75, 3.05) is 0 Å². The highest BCUT2D eigenvalue weighted by Crippen LogP contribution is 2.41. The maximum atomic E-state index is 2.28. The first-order chi connectivity index (χ1) is 41.7. The van der Waals surface area contributed by atoms with E-state index in [0.29, 0.717) is 5.92 Å². The molecule has 0 fully saturated rings. The molecule has 0 unspecified atom stereocenters. The van der Waals surface area contributed by atoms with Crippen LogP contribution in [-0.4, -0.2) is 0 Å². The van der Waals surface area contributed by atoms with E-state index in [4.69, 9.17) is 0 Å². The Hall–Kier alpha value is -9.62. The van der Waals surface area contributed by atoms with E-state index in [2.05, 4.69) is 343 Å². The molecular weight excluding hydrogens is 1030 g/mol. The largest absolute Gasteiger partial charge is 0.0622 e. The molecule has 0 saturated carbocycles. The highest BCUT2D eigenvalue weighted by molar-refractivity contribution is 6.33. The van der Waals surface area contributed by atoms with Crippen molar-refractivity contribution in [1.82, 2.24) is 0 Å². The Morgan fingerprint density at radius 3 is 1.08 bits per heavy atom. The highest BCUT2D eigenvalue weighted by atomic mass is 14.2. The summed E-state index contributed by atoms with van der Waals surface area (Å²) >= 11 is 0. The van der Waals surface area contributed by atoms with Gasteiger partial charge < -0.3 is 0 Å². The summed E-state index contributed by atoms with van der Waals surface area (Å²) < 4.78 is 0. The zero-order chi connectivity index (χ0) is 60.5. The topological polar surface area (TPSA) is 0 Å². The summed E-state index contributed by atoms with van der Waals surface area (Å²) in [5.74, 6) is 0.653. The van der Waals surface area contributed by atoms with Gasteiger partial charge in [0.25, 0.3) is 0 Å². The van der Waals surface area contributed by atoms with Crippen molar-refractivity contribution >= 4 is 75.4 Å². The lowest BCUT2D eigenvalue weighted by atomic mass is 9.89. The first kappa shape index (κ1) is 61.0. The van der Waals surface area contributed by atoms with Gasteiger partial charge in [0.1, 0.15) is 0 Å². The molecule has 0 aliphatic carbocycles. The molecule has 0 aliphatic heterocycles. The number of hydrogen-bond acceptors (Lipinski definition) is 0. The van der Waals surface area contributed by atoms with Crippen LogP contribution in [0.1, 0.15) is 75.4 Å². The van der Waals surface area contributed by atoms with Gasteiger partial charge >= 0.3 is 0 Å². The van der Waals surface area contributed by atoms with Crippen molar-refractivity contribution in [1.29, 1.82) is 0 Å². The van der Waals surface area contributed by atoms with Crippen molar-refractivity contribution < 1.29 is 0 Å². The van der Waals surface area contributed by atoms with E-state index in [1.54, 1.807) is 0 Å². The number of hydrogen-bond donors (Lipinski definition) is 0. The Morgan fingerprint density at radius 1 is 0.209 bits per heavy atom. The van der Waals surface area contributed by atoms with E-state index in [-0.39, 0.29) is 0 Å². The molecular formula is C86H82. The number of fused-ring (bicyclic) bond motifs is 5. The van der Waals surface area contributed by atoms with Crippen molar-refractivity contribution in [3.63, 3.8) is 0 Å². The SMILES string of the molecule is Cc1c2ccccc2cc2ccccc12.Cc1cc(C)cc(C)c1.Cc1ccc(-c2ccccc2)cc1.Cc1ccc(C(C)C)cc1.Cc1ccc2c3cccc4cccc(c5cccc1c52)c43.Cc1cccc2ccccc12.Cc1ccccc1. The van der Waals surface area contributed by atoms with Gasteiger partial charge in [-0.1, -0.05) is 332 Å². The minimum atomic E-state index is 0.653. The Morgan fingerprint density at radius 2 is 0.570 bits per heavy atom. The first-order valence-electron chi connectivity index (χ1n) is 30.3. The highest BCUT2D eigenvalue weighted by Gasteiger charge is 2.13. The van der Waals surface area contributed by atoms with E-state index in [9.17, 15) is 0 Å². The normalized spacial score (nSPS) is 10.6. The van der Waals surface area contributed by atoms with E-state index in [0.717, 1.165) is 0 Å². The molecule has 0 radical (unpaired) electrons. The van der Waals surface area contributed by atoms with E-state index in [1.165, 1.54) is 142 Å².